The first-order chi connectivity index (χ1) is 10.0. The van der Waals surface area contributed by atoms with Crippen LogP contribution in [0.2, 0.25) is 5.02 Å². The van der Waals surface area contributed by atoms with E-state index in [1.807, 2.05) is 0 Å². The SMILES string of the molecule is Nc1ccc(CN2C(=O)COc3ccc(Cl)cc32)c(F)c1. The number of anilines is 2. The minimum Gasteiger partial charge on any atom is -0.482 e. The number of nitrogens with two attached hydrogens (primary N) is 1. The number of amides is 1. The Morgan fingerprint density at radius 1 is 1.29 bits per heavy atom. The Bertz CT molecular complexity index is 721. The molecule has 0 atom stereocenters. The first-order valence-electron chi connectivity index (χ1n) is 6.31. The predicted molar refractivity (Wildman–Crippen MR) is 78.9 cm³/mol. The lowest BCUT2D eigenvalue weighted by molar-refractivity contribution is -0.121. The van der Waals surface area contributed by atoms with Gasteiger partial charge < -0.3 is 15.4 Å². The van der Waals surface area contributed by atoms with Crippen molar-refractivity contribution in [1.82, 2.24) is 0 Å². The number of carbonyl (C=O) groups excluding carboxylic acids is 1. The topological polar surface area (TPSA) is 55.6 Å². The van der Waals surface area contributed by atoms with Crippen molar-refractivity contribution in [2.24, 2.45) is 0 Å². The third-order valence-electron chi connectivity index (χ3n) is 3.27. The van der Waals surface area contributed by atoms with E-state index >= 15 is 0 Å². The zero-order chi connectivity index (χ0) is 15.0. The predicted octanol–water partition coefficient (Wildman–Crippen LogP) is 2.99. The fraction of sp³-hybridized carbons (Fsp3) is 0.133. The largest absolute Gasteiger partial charge is 0.482 e. The van der Waals surface area contributed by atoms with Crippen molar-refractivity contribution in [2.75, 3.05) is 17.2 Å². The smallest absolute Gasteiger partial charge is 0.265 e. The Balaban J connectivity index is 1.98. The maximum Gasteiger partial charge on any atom is 0.265 e. The summed E-state index contributed by atoms with van der Waals surface area (Å²) in [5.74, 6) is -0.145. The van der Waals surface area contributed by atoms with Crippen LogP contribution in [0.3, 0.4) is 0 Å². The lowest BCUT2D eigenvalue weighted by Gasteiger charge is -2.29. The van der Waals surface area contributed by atoms with Crippen LogP contribution in [0.5, 0.6) is 5.75 Å². The van der Waals surface area contributed by atoms with Gasteiger partial charge in [0.2, 0.25) is 0 Å². The van der Waals surface area contributed by atoms with Crippen LogP contribution in [0, 0.1) is 5.82 Å². The van der Waals surface area contributed by atoms with Gasteiger partial charge in [-0.15, -0.1) is 0 Å². The van der Waals surface area contributed by atoms with Crippen molar-refractivity contribution in [2.45, 2.75) is 6.54 Å². The van der Waals surface area contributed by atoms with Crippen molar-refractivity contribution in [3.05, 3.63) is 52.8 Å². The highest BCUT2D eigenvalue weighted by molar-refractivity contribution is 6.31. The number of rotatable bonds is 2. The zero-order valence-corrected chi connectivity index (χ0v) is 11.7. The second-order valence-electron chi connectivity index (χ2n) is 4.73. The van der Waals surface area contributed by atoms with Crippen LogP contribution in [-0.2, 0) is 11.3 Å². The third-order valence-corrected chi connectivity index (χ3v) is 3.50. The van der Waals surface area contributed by atoms with Crippen LogP contribution in [0.1, 0.15) is 5.56 Å². The van der Waals surface area contributed by atoms with Gasteiger partial charge >= 0.3 is 0 Å². The fourth-order valence-corrected chi connectivity index (χ4v) is 2.38. The first kappa shape index (κ1) is 13.7. The molecule has 1 amide bonds. The molecule has 0 radical (unpaired) electrons. The van der Waals surface area contributed by atoms with E-state index in [2.05, 4.69) is 0 Å². The molecule has 108 valence electrons. The number of halogens is 2. The Hall–Kier alpha value is -2.27. The summed E-state index contributed by atoms with van der Waals surface area (Å²) in [5, 5.41) is 0.481. The monoisotopic (exact) mass is 306 g/mol. The molecule has 0 spiro atoms. The summed E-state index contributed by atoms with van der Waals surface area (Å²) >= 11 is 5.96. The van der Waals surface area contributed by atoms with E-state index in [4.69, 9.17) is 22.1 Å². The summed E-state index contributed by atoms with van der Waals surface area (Å²) in [5.41, 5.74) is 6.78. The van der Waals surface area contributed by atoms with E-state index in [9.17, 15) is 9.18 Å². The van der Waals surface area contributed by atoms with Gasteiger partial charge in [0.1, 0.15) is 11.6 Å². The van der Waals surface area contributed by atoms with Crippen LogP contribution in [0.25, 0.3) is 0 Å². The highest BCUT2D eigenvalue weighted by Gasteiger charge is 2.26. The van der Waals surface area contributed by atoms with E-state index in [1.165, 1.54) is 11.0 Å². The summed E-state index contributed by atoms with van der Waals surface area (Å²) < 4.78 is 19.3. The molecule has 0 aliphatic carbocycles. The maximum absolute atomic E-state index is 13.9. The van der Waals surface area contributed by atoms with Gasteiger partial charge in [0, 0.05) is 16.3 Å². The number of hydrogen-bond acceptors (Lipinski definition) is 3. The van der Waals surface area contributed by atoms with Crippen molar-refractivity contribution in [3.8, 4) is 5.75 Å². The molecule has 0 aromatic heterocycles. The molecular weight excluding hydrogens is 295 g/mol. The van der Waals surface area contributed by atoms with E-state index in [0.29, 0.717) is 27.7 Å². The molecule has 21 heavy (non-hydrogen) atoms. The second-order valence-corrected chi connectivity index (χ2v) is 5.17. The number of hydrogen-bond donors (Lipinski definition) is 1. The summed E-state index contributed by atoms with van der Waals surface area (Å²) in [4.78, 5) is 13.5. The van der Waals surface area contributed by atoms with Crippen LogP contribution < -0.4 is 15.4 Å². The fourth-order valence-electron chi connectivity index (χ4n) is 2.21. The number of nitrogens with zero attached hydrogens (tertiary/aromatic N) is 1. The lowest BCUT2D eigenvalue weighted by atomic mass is 10.1. The van der Waals surface area contributed by atoms with Crippen LogP contribution in [-0.4, -0.2) is 12.5 Å². The van der Waals surface area contributed by atoms with Crippen molar-refractivity contribution < 1.29 is 13.9 Å². The van der Waals surface area contributed by atoms with Gasteiger partial charge in [0.25, 0.3) is 5.91 Å². The molecule has 2 aromatic carbocycles. The van der Waals surface area contributed by atoms with Crippen LogP contribution in [0.15, 0.2) is 36.4 Å². The molecule has 0 saturated carbocycles. The molecule has 4 nitrogen and oxygen atoms in total. The normalized spacial score (nSPS) is 13.8. The Morgan fingerprint density at radius 2 is 2.10 bits per heavy atom. The molecule has 0 unspecified atom stereocenters. The van der Waals surface area contributed by atoms with E-state index < -0.39 is 5.82 Å². The molecule has 2 N–H and O–H groups in total. The molecule has 0 saturated heterocycles. The van der Waals surface area contributed by atoms with E-state index in [-0.39, 0.29) is 19.1 Å². The summed E-state index contributed by atoms with van der Waals surface area (Å²) in [6.07, 6.45) is 0. The standard InChI is InChI=1S/C15H12ClFN2O2/c16-10-2-4-14-13(5-10)19(15(20)8-21-14)7-9-1-3-11(18)6-12(9)17/h1-6H,7-8,18H2. The van der Waals surface area contributed by atoms with E-state index in [0.717, 1.165) is 0 Å². The highest BCUT2D eigenvalue weighted by Crippen LogP contribution is 2.35. The zero-order valence-electron chi connectivity index (χ0n) is 11.0. The number of benzene rings is 2. The minimum atomic E-state index is -0.446. The Labute approximate surface area is 125 Å². The molecule has 0 bridgehead atoms. The minimum absolute atomic E-state index is 0.0782. The summed E-state index contributed by atoms with van der Waals surface area (Å²) in [6, 6.07) is 9.40. The van der Waals surface area contributed by atoms with Gasteiger partial charge in [0.05, 0.1) is 12.2 Å². The molecule has 1 aliphatic rings. The molecule has 3 rings (SSSR count). The molecule has 1 aliphatic heterocycles. The van der Waals surface area contributed by atoms with Gasteiger partial charge in [0.15, 0.2) is 6.61 Å². The van der Waals surface area contributed by atoms with Crippen LogP contribution in [0.4, 0.5) is 15.8 Å². The van der Waals surface area contributed by atoms with Crippen LogP contribution >= 0.6 is 11.6 Å². The number of fused-ring (bicyclic) bond motifs is 1. The first-order valence-corrected chi connectivity index (χ1v) is 6.69. The highest BCUT2D eigenvalue weighted by atomic mass is 35.5. The van der Waals surface area contributed by atoms with Crippen molar-refractivity contribution in [1.29, 1.82) is 0 Å². The van der Waals surface area contributed by atoms with Crippen molar-refractivity contribution in [3.63, 3.8) is 0 Å². The number of nitrogen functional groups attached to an aromatic ring is 1. The number of carbonyl (C=O) groups is 1. The molecule has 2 aromatic rings. The number of ether oxygens (including phenoxy) is 1. The van der Waals surface area contributed by atoms with E-state index in [1.54, 1.807) is 30.3 Å². The molecular formula is C15H12ClFN2O2. The summed E-state index contributed by atoms with van der Waals surface area (Å²) in [7, 11) is 0. The maximum atomic E-state index is 13.9. The summed E-state index contributed by atoms with van der Waals surface area (Å²) in [6.45, 7) is 0.0207. The Morgan fingerprint density at radius 3 is 2.86 bits per heavy atom. The average Bonchev–Trinajstić information content (AvgIpc) is 2.44. The Kier molecular flexibility index (Phi) is 3.43. The second kappa shape index (κ2) is 5.26. The average molecular weight is 307 g/mol. The van der Waals surface area contributed by atoms with Crippen molar-refractivity contribution >= 4 is 28.9 Å². The molecule has 0 fully saturated rings. The molecule has 6 heteroatoms. The lowest BCUT2D eigenvalue weighted by Crippen LogP contribution is -2.38. The van der Waals surface area contributed by atoms with Gasteiger partial charge in [-0.2, -0.15) is 0 Å². The van der Waals surface area contributed by atoms with Gasteiger partial charge in [-0.25, -0.2) is 4.39 Å². The van der Waals surface area contributed by atoms with Gasteiger partial charge in [-0.3, -0.25) is 4.79 Å². The molecule has 1 heterocycles. The van der Waals surface area contributed by atoms with Gasteiger partial charge in [-0.1, -0.05) is 17.7 Å². The van der Waals surface area contributed by atoms with Gasteiger partial charge in [-0.05, 0) is 30.3 Å². The quantitative estimate of drug-likeness (QED) is 0.868. The third kappa shape index (κ3) is 2.64.